The SMILES string of the molecule is Cc1ccc(F)cc1NC(=O)c1sc(-c2cccs2)nc1C. The van der Waals surface area contributed by atoms with Gasteiger partial charge >= 0.3 is 0 Å². The highest BCUT2D eigenvalue weighted by molar-refractivity contribution is 7.22. The van der Waals surface area contributed by atoms with Crippen LogP contribution >= 0.6 is 22.7 Å². The number of rotatable bonds is 3. The summed E-state index contributed by atoms with van der Waals surface area (Å²) in [7, 11) is 0. The van der Waals surface area contributed by atoms with Crippen molar-refractivity contribution in [3.63, 3.8) is 0 Å². The van der Waals surface area contributed by atoms with Crippen molar-refractivity contribution in [2.75, 3.05) is 5.32 Å². The third-order valence-corrected chi connectivity index (χ3v) is 5.38. The number of nitrogens with one attached hydrogen (secondary N) is 1. The highest BCUT2D eigenvalue weighted by atomic mass is 32.1. The topological polar surface area (TPSA) is 42.0 Å². The van der Waals surface area contributed by atoms with E-state index in [4.69, 9.17) is 0 Å². The van der Waals surface area contributed by atoms with Crippen molar-refractivity contribution in [3.05, 3.63) is 57.7 Å². The standard InChI is InChI=1S/C16H13FN2OS2/c1-9-5-6-11(17)8-12(9)19-15(20)14-10(2)18-16(22-14)13-4-3-7-21-13/h3-8H,1-2H3,(H,19,20). The van der Waals surface area contributed by atoms with Crippen molar-refractivity contribution in [2.24, 2.45) is 0 Å². The van der Waals surface area contributed by atoms with E-state index in [1.54, 1.807) is 24.3 Å². The van der Waals surface area contributed by atoms with Crippen LogP contribution in [0.2, 0.25) is 0 Å². The predicted octanol–water partition coefficient (Wildman–Crippen LogP) is 4.88. The number of carbonyl (C=O) groups excluding carboxylic acids is 1. The summed E-state index contributed by atoms with van der Waals surface area (Å²) >= 11 is 2.93. The molecule has 0 bridgehead atoms. The molecule has 3 rings (SSSR count). The molecule has 3 nitrogen and oxygen atoms in total. The summed E-state index contributed by atoms with van der Waals surface area (Å²) in [5.41, 5.74) is 1.98. The van der Waals surface area contributed by atoms with Crippen molar-refractivity contribution in [3.8, 4) is 9.88 Å². The van der Waals surface area contributed by atoms with Gasteiger partial charge in [-0.1, -0.05) is 12.1 Å². The molecule has 1 amide bonds. The molecule has 0 fully saturated rings. The summed E-state index contributed by atoms with van der Waals surface area (Å²) in [6.07, 6.45) is 0. The first kappa shape index (κ1) is 14.9. The lowest BCUT2D eigenvalue weighted by Crippen LogP contribution is -2.12. The molecule has 2 heterocycles. The molecule has 22 heavy (non-hydrogen) atoms. The van der Waals surface area contributed by atoms with Gasteiger partial charge < -0.3 is 5.32 Å². The van der Waals surface area contributed by atoms with Crippen LogP contribution in [0.3, 0.4) is 0 Å². The van der Waals surface area contributed by atoms with Crippen LogP contribution < -0.4 is 5.32 Å². The fraction of sp³-hybridized carbons (Fsp3) is 0.125. The Morgan fingerprint density at radius 1 is 1.27 bits per heavy atom. The molecular formula is C16H13FN2OS2. The lowest BCUT2D eigenvalue weighted by atomic mass is 10.2. The third-order valence-electron chi connectivity index (χ3n) is 3.18. The number of hydrogen-bond acceptors (Lipinski definition) is 4. The largest absolute Gasteiger partial charge is 0.321 e. The van der Waals surface area contributed by atoms with Crippen molar-refractivity contribution in [1.29, 1.82) is 0 Å². The van der Waals surface area contributed by atoms with E-state index < -0.39 is 0 Å². The molecule has 0 aliphatic heterocycles. The Morgan fingerprint density at radius 3 is 2.82 bits per heavy atom. The normalized spacial score (nSPS) is 10.7. The molecule has 3 aromatic rings. The molecule has 0 atom stereocenters. The predicted molar refractivity (Wildman–Crippen MR) is 89.3 cm³/mol. The highest BCUT2D eigenvalue weighted by Crippen LogP contribution is 2.31. The number of aryl methyl sites for hydroxylation is 2. The van der Waals surface area contributed by atoms with E-state index in [-0.39, 0.29) is 11.7 Å². The summed E-state index contributed by atoms with van der Waals surface area (Å²) in [5.74, 6) is -0.632. The van der Waals surface area contributed by atoms with Crippen LogP contribution in [0.15, 0.2) is 35.7 Å². The Labute approximate surface area is 135 Å². The maximum atomic E-state index is 13.3. The monoisotopic (exact) mass is 332 g/mol. The zero-order valence-electron chi connectivity index (χ0n) is 12.0. The third kappa shape index (κ3) is 2.93. The lowest BCUT2D eigenvalue weighted by molar-refractivity contribution is 0.102. The number of halogens is 1. The number of hydrogen-bond donors (Lipinski definition) is 1. The van der Waals surface area contributed by atoms with Crippen LogP contribution in [0.1, 0.15) is 20.9 Å². The first-order valence-electron chi connectivity index (χ1n) is 6.63. The quantitative estimate of drug-likeness (QED) is 0.743. The van der Waals surface area contributed by atoms with Crippen LogP contribution in [0.4, 0.5) is 10.1 Å². The van der Waals surface area contributed by atoms with Gasteiger partial charge in [0.25, 0.3) is 5.91 Å². The van der Waals surface area contributed by atoms with Crippen molar-refractivity contribution < 1.29 is 9.18 Å². The molecule has 0 saturated heterocycles. The van der Waals surface area contributed by atoms with E-state index >= 15 is 0 Å². The Balaban J connectivity index is 1.88. The Hall–Kier alpha value is -2.05. The Kier molecular flexibility index (Phi) is 4.04. The summed E-state index contributed by atoms with van der Waals surface area (Å²) < 4.78 is 13.3. The van der Waals surface area contributed by atoms with Crippen LogP contribution in [-0.4, -0.2) is 10.9 Å². The van der Waals surface area contributed by atoms with Crippen molar-refractivity contribution >= 4 is 34.3 Å². The van der Waals surface area contributed by atoms with Gasteiger partial charge in [-0.3, -0.25) is 4.79 Å². The molecule has 2 aromatic heterocycles. The second-order valence-electron chi connectivity index (χ2n) is 4.82. The highest BCUT2D eigenvalue weighted by Gasteiger charge is 2.17. The zero-order valence-corrected chi connectivity index (χ0v) is 13.6. The van der Waals surface area contributed by atoms with Gasteiger partial charge in [-0.2, -0.15) is 0 Å². The van der Waals surface area contributed by atoms with Crippen LogP contribution in [-0.2, 0) is 0 Å². The summed E-state index contributed by atoms with van der Waals surface area (Å²) in [5, 5.41) is 5.56. The molecule has 0 saturated carbocycles. The molecule has 1 N–H and O–H groups in total. The van der Waals surface area contributed by atoms with Gasteiger partial charge in [-0.15, -0.1) is 22.7 Å². The molecule has 0 spiro atoms. The Morgan fingerprint density at radius 2 is 2.09 bits per heavy atom. The van der Waals surface area contributed by atoms with Gasteiger partial charge in [0, 0.05) is 5.69 Å². The number of amides is 1. The van der Waals surface area contributed by atoms with E-state index in [2.05, 4.69) is 10.3 Å². The fourth-order valence-corrected chi connectivity index (χ4v) is 3.78. The van der Waals surface area contributed by atoms with Crippen LogP contribution in [0, 0.1) is 19.7 Å². The second kappa shape index (κ2) is 5.98. The smallest absolute Gasteiger partial charge is 0.267 e. The average molecular weight is 332 g/mol. The number of aromatic nitrogens is 1. The van der Waals surface area contributed by atoms with Gasteiger partial charge in [0.15, 0.2) is 0 Å². The van der Waals surface area contributed by atoms with Crippen molar-refractivity contribution in [2.45, 2.75) is 13.8 Å². The molecule has 0 unspecified atom stereocenters. The second-order valence-corrected chi connectivity index (χ2v) is 6.77. The van der Waals surface area contributed by atoms with Gasteiger partial charge in [0.05, 0.1) is 10.6 Å². The summed E-state index contributed by atoms with van der Waals surface area (Å²) in [4.78, 5) is 18.5. The van der Waals surface area contributed by atoms with Crippen molar-refractivity contribution in [1.82, 2.24) is 4.98 Å². The maximum Gasteiger partial charge on any atom is 0.267 e. The number of thiazole rings is 1. The van der Waals surface area contributed by atoms with Gasteiger partial charge in [-0.25, -0.2) is 9.37 Å². The maximum absolute atomic E-state index is 13.3. The molecule has 0 aliphatic rings. The van der Waals surface area contributed by atoms with E-state index in [0.717, 1.165) is 15.4 Å². The molecule has 112 valence electrons. The van der Waals surface area contributed by atoms with E-state index in [1.165, 1.54) is 23.5 Å². The number of benzene rings is 1. The van der Waals surface area contributed by atoms with E-state index in [0.29, 0.717) is 16.3 Å². The number of carbonyl (C=O) groups is 1. The Bertz CT molecular complexity index is 825. The minimum Gasteiger partial charge on any atom is -0.321 e. The van der Waals surface area contributed by atoms with E-state index in [9.17, 15) is 9.18 Å². The molecule has 0 radical (unpaired) electrons. The fourth-order valence-electron chi connectivity index (χ4n) is 2.02. The number of anilines is 1. The van der Waals surface area contributed by atoms with Crippen LogP contribution in [0.5, 0.6) is 0 Å². The first-order valence-corrected chi connectivity index (χ1v) is 8.33. The van der Waals surface area contributed by atoms with Gasteiger partial charge in [0.1, 0.15) is 15.7 Å². The summed E-state index contributed by atoms with van der Waals surface area (Å²) in [6.45, 7) is 3.63. The lowest BCUT2D eigenvalue weighted by Gasteiger charge is -2.07. The van der Waals surface area contributed by atoms with E-state index in [1.807, 2.05) is 24.4 Å². The minimum atomic E-state index is -0.374. The van der Waals surface area contributed by atoms with Crippen LogP contribution in [0.25, 0.3) is 9.88 Å². The molecular weight excluding hydrogens is 319 g/mol. The van der Waals surface area contributed by atoms with Gasteiger partial charge in [0.2, 0.25) is 0 Å². The molecule has 0 aliphatic carbocycles. The number of thiophene rings is 1. The summed E-state index contributed by atoms with van der Waals surface area (Å²) in [6, 6.07) is 8.26. The number of nitrogens with zero attached hydrogens (tertiary/aromatic N) is 1. The zero-order chi connectivity index (χ0) is 15.7. The molecule has 6 heteroatoms. The van der Waals surface area contributed by atoms with Gasteiger partial charge in [-0.05, 0) is 43.0 Å². The first-order chi connectivity index (χ1) is 10.5. The average Bonchev–Trinajstić information content (AvgIpc) is 3.11. The minimum absolute atomic E-state index is 0.258. The molecule has 1 aromatic carbocycles.